The molecule has 0 aromatic carbocycles. The van der Waals surface area contributed by atoms with E-state index in [1.54, 1.807) is 0 Å². The van der Waals surface area contributed by atoms with Gasteiger partial charge in [-0.15, -0.1) is 0 Å². The van der Waals surface area contributed by atoms with Crippen molar-refractivity contribution in [3.05, 3.63) is 0 Å². The van der Waals surface area contributed by atoms with Gasteiger partial charge in [-0.25, -0.2) is 9.59 Å². The molecule has 1 amide bonds. The monoisotopic (exact) mass is 247 g/mol. The van der Waals surface area contributed by atoms with Crippen molar-refractivity contribution in [2.24, 2.45) is 0 Å². The van der Waals surface area contributed by atoms with E-state index in [9.17, 15) is 9.59 Å². The molecular formula is C11H21NO5. The number of amides is 1. The molecule has 0 atom stereocenters. The van der Waals surface area contributed by atoms with Crippen molar-refractivity contribution in [1.82, 2.24) is 5.32 Å². The van der Waals surface area contributed by atoms with Gasteiger partial charge < -0.3 is 19.5 Å². The van der Waals surface area contributed by atoms with E-state index >= 15 is 0 Å². The summed E-state index contributed by atoms with van der Waals surface area (Å²) in [4.78, 5) is 21.9. The van der Waals surface area contributed by atoms with E-state index in [1.807, 2.05) is 13.8 Å². The molecule has 0 saturated heterocycles. The van der Waals surface area contributed by atoms with Gasteiger partial charge in [-0.1, -0.05) is 13.8 Å². The van der Waals surface area contributed by atoms with Gasteiger partial charge in [0.25, 0.3) is 0 Å². The van der Waals surface area contributed by atoms with Crippen LogP contribution in [0.2, 0.25) is 0 Å². The third-order valence-corrected chi connectivity index (χ3v) is 1.67. The number of hydrogen-bond donors (Lipinski definition) is 1. The Morgan fingerprint density at radius 2 is 1.53 bits per heavy atom. The highest BCUT2D eigenvalue weighted by Crippen LogP contribution is 1.90. The molecule has 0 bridgehead atoms. The van der Waals surface area contributed by atoms with E-state index in [1.165, 1.54) is 0 Å². The van der Waals surface area contributed by atoms with Gasteiger partial charge in [0.15, 0.2) is 0 Å². The minimum Gasteiger partial charge on any atom is -0.450 e. The molecule has 0 unspecified atom stereocenters. The van der Waals surface area contributed by atoms with Crippen LogP contribution < -0.4 is 5.32 Å². The second-order valence-corrected chi connectivity index (χ2v) is 3.36. The van der Waals surface area contributed by atoms with Gasteiger partial charge in [-0.3, -0.25) is 0 Å². The van der Waals surface area contributed by atoms with Crippen molar-refractivity contribution in [3.63, 3.8) is 0 Å². The molecule has 0 aromatic heterocycles. The molecule has 0 aliphatic rings. The maximum atomic E-state index is 11.0. The smallest absolute Gasteiger partial charge is 0.450 e. The van der Waals surface area contributed by atoms with Crippen LogP contribution in [0.1, 0.15) is 33.1 Å². The molecule has 0 aromatic rings. The Hall–Kier alpha value is -1.46. The Kier molecular flexibility index (Phi) is 10.1. The van der Waals surface area contributed by atoms with Crippen molar-refractivity contribution in [3.8, 4) is 0 Å². The molecule has 0 rings (SSSR count). The molecule has 0 fully saturated rings. The zero-order chi connectivity index (χ0) is 12.9. The van der Waals surface area contributed by atoms with Crippen LogP contribution in [0.4, 0.5) is 9.59 Å². The molecule has 0 radical (unpaired) electrons. The van der Waals surface area contributed by atoms with Gasteiger partial charge in [-0.05, 0) is 19.3 Å². The standard InChI is InChI=1S/C11H21NO5/c1-3-7-15-10(13)12-6-5-9-17-11(14)16-8-4-2/h3-9H2,1-2H3,(H,12,13). The Morgan fingerprint density at radius 3 is 2.18 bits per heavy atom. The summed E-state index contributed by atoms with van der Waals surface area (Å²) in [5.41, 5.74) is 0. The van der Waals surface area contributed by atoms with Crippen molar-refractivity contribution in [1.29, 1.82) is 0 Å². The van der Waals surface area contributed by atoms with Crippen LogP contribution in [-0.4, -0.2) is 38.6 Å². The molecule has 0 spiro atoms. The lowest BCUT2D eigenvalue weighted by atomic mass is 10.4. The molecule has 0 aliphatic carbocycles. The Labute approximate surface area is 102 Å². The van der Waals surface area contributed by atoms with Crippen molar-refractivity contribution >= 4 is 12.2 Å². The normalized spacial score (nSPS) is 9.53. The number of carbonyl (C=O) groups is 2. The summed E-state index contributed by atoms with van der Waals surface area (Å²) in [5, 5.41) is 2.54. The second kappa shape index (κ2) is 11.0. The molecule has 0 aliphatic heterocycles. The van der Waals surface area contributed by atoms with Crippen LogP contribution in [0, 0.1) is 0 Å². The largest absolute Gasteiger partial charge is 0.508 e. The number of alkyl carbamates (subject to hydrolysis) is 1. The van der Waals surface area contributed by atoms with Crippen LogP contribution in [0.25, 0.3) is 0 Å². The molecule has 0 heterocycles. The molecule has 6 nitrogen and oxygen atoms in total. The fourth-order valence-corrected chi connectivity index (χ4v) is 0.891. The van der Waals surface area contributed by atoms with Crippen LogP contribution in [0.15, 0.2) is 0 Å². The van der Waals surface area contributed by atoms with Gasteiger partial charge in [0.05, 0.1) is 19.8 Å². The number of ether oxygens (including phenoxy) is 3. The van der Waals surface area contributed by atoms with Gasteiger partial charge in [0, 0.05) is 6.54 Å². The predicted octanol–water partition coefficient (Wildman–Crippen LogP) is 2.08. The first-order valence-electron chi connectivity index (χ1n) is 5.90. The lowest BCUT2D eigenvalue weighted by molar-refractivity contribution is 0.0547. The van der Waals surface area contributed by atoms with E-state index < -0.39 is 12.2 Å². The van der Waals surface area contributed by atoms with E-state index in [2.05, 4.69) is 5.32 Å². The quantitative estimate of drug-likeness (QED) is 0.525. The Balaban J connectivity index is 3.28. The van der Waals surface area contributed by atoms with Crippen molar-refractivity contribution in [2.45, 2.75) is 33.1 Å². The van der Waals surface area contributed by atoms with Crippen LogP contribution >= 0.6 is 0 Å². The molecular weight excluding hydrogens is 226 g/mol. The summed E-state index contributed by atoms with van der Waals surface area (Å²) in [6, 6.07) is 0. The van der Waals surface area contributed by atoms with Gasteiger partial charge >= 0.3 is 12.2 Å². The second-order valence-electron chi connectivity index (χ2n) is 3.36. The van der Waals surface area contributed by atoms with Gasteiger partial charge in [0.2, 0.25) is 0 Å². The molecule has 17 heavy (non-hydrogen) atoms. The predicted molar refractivity (Wildman–Crippen MR) is 61.8 cm³/mol. The first kappa shape index (κ1) is 15.5. The summed E-state index contributed by atoms with van der Waals surface area (Å²) < 4.78 is 14.2. The number of hydrogen-bond acceptors (Lipinski definition) is 5. The molecule has 0 saturated carbocycles. The fraction of sp³-hybridized carbons (Fsp3) is 0.818. The summed E-state index contributed by atoms with van der Waals surface area (Å²) in [6.07, 6.45) is 0.975. The first-order valence-corrected chi connectivity index (χ1v) is 5.90. The van der Waals surface area contributed by atoms with E-state index in [4.69, 9.17) is 14.2 Å². The van der Waals surface area contributed by atoms with Gasteiger partial charge in [0.1, 0.15) is 0 Å². The van der Waals surface area contributed by atoms with E-state index in [0.29, 0.717) is 26.2 Å². The highest BCUT2D eigenvalue weighted by Gasteiger charge is 2.03. The Bertz CT molecular complexity index is 198. The fourth-order valence-electron chi connectivity index (χ4n) is 0.891. The average molecular weight is 247 g/mol. The summed E-state index contributed by atoms with van der Waals surface area (Å²) in [7, 11) is 0. The minimum atomic E-state index is -0.666. The summed E-state index contributed by atoms with van der Waals surface area (Å²) in [6.45, 7) is 5.22. The zero-order valence-electron chi connectivity index (χ0n) is 10.5. The summed E-state index contributed by atoms with van der Waals surface area (Å²) in [5.74, 6) is 0. The van der Waals surface area contributed by atoms with Crippen LogP contribution in [-0.2, 0) is 14.2 Å². The summed E-state index contributed by atoms with van der Waals surface area (Å²) >= 11 is 0. The highest BCUT2D eigenvalue weighted by atomic mass is 16.7. The lowest BCUT2D eigenvalue weighted by Gasteiger charge is -2.07. The molecule has 100 valence electrons. The number of carbonyl (C=O) groups excluding carboxylic acids is 2. The van der Waals surface area contributed by atoms with Crippen molar-refractivity contribution in [2.75, 3.05) is 26.4 Å². The highest BCUT2D eigenvalue weighted by molar-refractivity contribution is 5.67. The number of nitrogens with one attached hydrogen (secondary N) is 1. The number of rotatable bonds is 8. The SMILES string of the molecule is CCCOC(=O)NCCCOC(=O)OCCC. The third kappa shape index (κ3) is 10.8. The maximum Gasteiger partial charge on any atom is 0.508 e. The van der Waals surface area contributed by atoms with E-state index in [-0.39, 0.29) is 6.61 Å². The maximum absolute atomic E-state index is 11.0. The molecule has 1 N–H and O–H groups in total. The Morgan fingerprint density at radius 1 is 0.941 bits per heavy atom. The third-order valence-electron chi connectivity index (χ3n) is 1.67. The topological polar surface area (TPSA) is 73.9 Å². The van der Waals surface area contributed by atoms with E-state index in [0.717, 1.165) is 12.8 Å². The van der Waals surface area contributed by atoms with Gasteiger partial charge in [-0.2, -0.15) is 0 Å². The van der Waals surface area contributed by atoms with Crippen LogP contribution in [0.3, 0.4) is 0 Å². The average Bonchev–Trinajstić information content (AvgIpc) is 2.33. The lowest BCUT2D eigenvalue weighted by Crippen LogP contribution is -2.26. The molecule has 6 heteroatoms. The van der Waals surface area contributed by atoms with Crippen LogP contribution in [0.5, 0.6) is 0 Å². The zero-order valence-corrected chi connectivity index (χ0v) is 10.5. The minimum absolute atomic E-state index is 0.219. The van der Waals surface area contributed by atoms with Crippen molar-refractivity contribution < 1.29 is 23.8 Å². The first-order chi connectivity index (χ1) is 8.20.